The summed E-state index contributed by atoms with van der Waals surface area (Å²) in [7, 11) is 1.52. The number of rotatable bonds is 7. The molecule has 0 aromatic rings. The molecule has 0 saturated carbocycles. The first-order chi connectivity index (χ1) is 8.84. The Labute approximate surface area is 113 Å². The van der Waals surface area contributed by atoms with Crippen LogP contribution in [0.15, 0.2) is 5.16 Å². The molecule has 0 rings (SSSR count). The van der Waals surface area contributed by atoms with Gasteiger partial charge in [0.2, 0.25) is 11.8 Å². The summed E-state index contributed by atoms with van der Waals surface area (Å²) in [6.45, 7) is 6.08. The maximum Gasteiger partial charge on any atom is 0.239 e. The number of amidine groups is 1. The number of hydrogen-bond donors (Lipinski definition) is 3. The van der Waals surface area contributed by atoms with Gasteiger partial charge in [0.05, 0.1) is 6.54 Å². The van der Waals surface area contributed by atoms with Crippen LogP contribution in [0.5, 0.6) is 0 Å². The molecule has 0 spiro atoms. The van der Waals surface area contributed by atoms with Crippen LogP contribution in [-0.2, 0) is 9.59 Å². The van der Waals surface area contributed by atoms with Crippen molar-refractivity contribution in [3.05, 3.63) is 0 Å². The van der Waals surface area contributed by atoms with E-state index < -0.39 is 5.92 Å². The molecular formula is C12H24N4O3. The van der Waals surface area contributed by atoms with Gasteiger partial charge in [0.15, 0.2) is 5.84 Å². The van der Waals surface area contributed by atoms with Crippen molar-refractivity contribution in [1.29, 1.82) is 0 Å². The zero-order valence-electron chi connectivity index (χ0n) is 12.0. The Kier molecular flexibility index (Phi) is 7.55. The molecule has 0 aromatic heterocycles. The molecule has 0 aliphatic rings. The van der Waals surface area contributed by atoms with E-state index in [1.165, 1.54) is 11.9 Å². The highest BCUT2D eigenvalue weighted by molar-refractivity contribution is 6.03. The molecule has 0 saturated heterocycles. The number of likely N-dealkylation sites (N-methyl/N-ethyl adjacent to an activating group) is 1. The van der Waals surface area contributed by atoms with Crippen LogP contribution < -0.4 is 11.1 Å². The number of nitrogens with zero attached hydrogens (tertiary/aromatic N) is 2. The van der Waals surface area contributed by atoms with Gasteiger partial charge in [-0.3, -0.25) is 9.59 Å². The van der Waals surface area contributed by atoms with E-state index in [-0.39, 0.29) is 30.1 Å². The second kappa shape index (κ2) is 8.34. The van der Waals surface area contributed by atoms with Crippen molar-refractivity contribution in [3.8, 4) is 0 Å². The van der Waals surface area contributed by atoms with Crippen LogP contribution in [0.4, 0.5) is 0 Å². The van der Waals surface area contributed by atoms with Crippen LogP contribution in [0.2, 0.25) is 0 Å². The van der Waals surface area contributed by atoms with E-state index in [1.54, 1.807) is 13.8 Å². The lowest BCUT2D eigenvalue weighted by atomic mass is 9.93. The zero-order valence-corrected chi connectivity index (χ0v) is 12.0. The predicted octanol–water partition coefficient (Wildman–Crippen LogP) is -0.0104. The van der Waals surface area contributed by atoms with Crippen molar-refractivity contribution in [1.82, 2.24) is 10.2 Å². The van der Waals surface area contributed by atoms with Gasteiger partial charge in [0, 0.05) is 13.6 Å². The van der Waals surface area contributed by atoms with Gasteiger partial charge in [0.25, 0.3) is 0 Å². The average molecular weight is 272 g/mol. The van der Waals surface area contributed by atoms with E-state index in [1.807, 2.05) is 6.92 Å². The molecule has 7 heteroatoms. The lowest BCUT2D eigenvalue weighted by Gasteiger charge is -2.24. The smallest absolute Gasteiger partial charge is 0.239 e. The van der Waals surface area contributed by atoms with Crippen LogP contribution in [0.1, 0.15) is 27.2 Å². The molecule has 1 unspecified atom stereocenters. The van der Waals surface area contributed by atoms with Crippen molar-refractivity contribution >= 4 is 17.6 Å². The van der Waals surface area contributed by atoms with Gasteiger partial charge < -0.3 is 21.2 Å². The van der Waals surface area contributed by atoms with Gasteiger partial charge in [0.1, 0.15) is 5.92 Å². The quantitative estimate of drug-likeness (QED) is 0.262. The third-order valence-corrected chi connectivity index (χ3v) is 2.70. The minimum atomic E-state index is -0.728. The number of amides is 2. The maximum atomic E-state index is 12.2. The molecule has 0 bridgehead atoms. The maximum absolute atomic E-state index is 12.2. The molecule has 110 valence electrons. The summed E-state index contributed by atoms with van der Waals surface area (Å²) in [6, 6.07) is 0. The summed E-state index contributed by atoms with van der Waals surface area (Å²) in [5.74, 6) is -1.55. The second-order valence-electron chi connectivity index (χ2n) is 4.79. The van der Waals surface area contributed by atoms with Gasteiger partial charge in [-0.05, 0) is 12.3 Å². The van der Waals surface area contributed by atoms with Crippen molar-refractivity contribution in [2.24, 2.45) is 22.7 Å². The first kappa shape index (κ1) is 17.2. The molecule has 19 heavy (non-hydrogen) atoms. The van der Waals surface area contributed by atoms with Gasteiger partial charge >= 0.3 is 0 Å². The molecule has 0 aliphatic heterocycles. The number of carbonyl (C=O) groups excluding carboxylic acids is 2. The SMILES string of the molecule is CCCNC(=O)CN(C)C(=O)C(C(N)=NO)C(C)C. The Balaban J connectivity index is 4.64. The molecule has 0 aromatic carbocycles. The Hall–Kier alpha value is -1.79. The number of carbonyl (C=O) groups is 2. The van der Waals surface area contributed by atoms with Crippen LogP contribution in [0.3, 0.4) is 0 Å². The van der Waals surface area contributed by atoms with Crippen molar-refractivity contribution in [2.45, 2.75) is 27.2 Å². The highest BCUT2D eigenvalue weighted by Gasteiger charge is 2.30. The summed E-state index contributed by atoms with van der Waals surface area (Å²) in [5, 5.41) is 14.3. The molecule has 1 atom stereocenters. The van der Waals surface area contributed by atoms with Crippen LogP contribution in [-0.4, -0.2) is 47.9 Å². The van der Waals surface area contributed by atoms with E-state index in [4.69, 9.17) is 10.9 Å². The Morgan fingerprint density at radius 2 is 2.00 bits per heavy atom. The highest BCUT2D eigenvalue weighted by Crippen LogP contribution is 2.14. The average Bonchev–Trinajstić information content (AvgIpc) is 2.35. The predicted molar refractivity (Wildman–Crippen MR) is 72.7 cm³/mol. The second-order valence-corrected chi connectivity index (χ2v) is 4.79. The fourth-order valence-corrected chi connectivity index (χ4v) is 1.67. The van der Waals surface area contributed by atoms with Crippen LogP contribution in [0.25, 0.3) is 0 Å². The van der Waals surface area contributed by atoms with E-state index in [0.717, 1.165) is 6.42 Å². The number of nitrogens with one attached hydrogen (secondary N) is 1. The van der Waals surface area contributed by atoms with Crippen LogP contribution >= 0.6 is 0 Å². The molecule has 0 radical (unpaired) electrons. The topological polar surface area (TPSA) is 108 Å². The summed E-state index contributed by atoms with van der Waals surface area (Å²) >= 11 is 0. The molecule has 4 N–H and O–H groups in total. The first-order valence-electron chi connectivity index (χ1n) is 6.34. The Morgan fingerprint density at radius 1 is 1.42 bits per heavy atom. The first-order valence-corrected chi connectivity index (χ1v) is 6.34. The van der Waals surface area contributed by atoms with Crippen molar-refractivity contribution in [3.63, 3.8) is 0 Å². The fourth-order valence-electron chi connectivity index (χ4n) is 1.67. The molecular weight excluding hydrogens is 248 g/mol. The number of nitrogens with two attached hydrogens (primary N) is 1. The minimum absolute atomic E-state index is 0.0409. The molecule has 0 fully saturated rings. The monoisotopic (exact) mass is 272 g/mol. The molecule has 7 nitrogen and oxygen atoms in total. The summed E-state index contributed by atoms with van der Waals surface area (Å²) in [4.78, 5) is 25.0. The normalized spacial score (nSPS) is 13.2. The molecule has 0 aliphatic carbocycles. The third-order valence-electron chi connectivity index (χ3n) is 2.70. The summed E-state index contributed by atoms with van der Waals surface area (Å²) < 4.78 is 0. The van der Waals surface area contributed by atoms with Gasteiger partial charge in [-0.25, -0.2) is 0 Å². The van der Waals surface area contributed by atoms with E-state index in [9.17, 15) is 9.59 Å². The van der Waals surface area contributed by atoms with Crippen molar-refractivity contribution in [2.75, 3.05) is 20.1 Å². The molecule has 2 amide bonds. The number of hydrogen-bond acceptors (Lipinski definition) is 4. The highest BCUT2D eigenvalue weighted by atomic mass is 16.4. The van der Waals surface area contributed by atoms with E-state index in [2.05, 4.69) is 10.5 Å². The lowest BCUT2D eigenvalue weighted by molar-refractivity contribution is -0.137. The van der Waals surface area contributed by atoms with Crippen LogP contribution in [0, 0.1) is 11.8 Å². The third kappa shape index (κ3) is 5.58. The van der Waals surface area contributed by atoms with Gasteiger partial charge in [-0.2, -0.15) is 0 Å². The zero-order chi connectivity index (χ0) is 15.0. The Bertz CT molecular complexity index is 342. The minimum Gasteiger partial charge on any atom is -0.409 e. The Morgan fingerprint density at radius 3 is 2.42 bits per heavy atom. The summed E-state index contributed by atoms with van der Waals surface area (Å²) in [6.07, 6.45) is 0.835. The van der Waals surface area contributed by atoms with Crippen molar-refractivity contribution < 1.29 is 14.8 Å². The summed E-state index contributed by atoms with van der Waals surface area (Å²) in [5.41, 5.74) is 5.52. The standard InChI is InChI=1S/C12H24N4O3/c1-5-6-14-9(17)7-16(4)12(18)10(8(2)3)11(13)15-19/h8,10,19H,5-7H2,1-4H3,(H2,13,15)(H,14,17). The van der Waals surface area contributed by atoms with Gasteiger partial charge in [-0.15, -0.1) is 0 Å². The molecule has 0 heterocycles. The van der Waals surface area contributed by atoms with E-state index in [0.29, 0.717) is 6.54 Å². The number of oxime groups is 1. The fraction of sp³-hybridized carbons (Fsp3) is 0.750. The van der Waals surface area contributed by atoms with E-state index >= 15 is 0 Å². The largest absolute Gasteiger partial charge is 0.409 e. The van der Waals surface area contributed by atoms with Gasteiger partial charge in [-0.1, -0.05) is 25.9 Å². The lowest BCUT2D eigenvalue weighted by Crippen LogP contribution is -2.46.